The maximum absolute atomic E-state index is 12.5. The highest BCUT2D eigenvalue weighted by molar-refractivity contribution is 7.91. The number of sulfone groups is 1. The van der Waals surface area contributed by atoms with Gasteiger partial charge in [-0.3, -0.25) is 4.79 Å². The first-order valence-electron chi connectivity index (χ1n) is 7.90. The Morgan fingerprint density at radius 3 is 2.48 bits per heavy atom. The van der Waals surface area contributed by atoms with Gasteiger partial charge in [0.1, 0.15) is 5.82 Å². The number of hydrogen-bond donors (Lipinski definition) is 1. The van der Waals surface area contributed by atoms with Crippen molar-refractivity contribution in [3.05, 3.63) is 65.9 Å². The summed E-state index contributed by atoms with van der Waals surface area (Å²) in [6, 6.07) is 13.7. The SMILES string of the molecule is CCS(=O)(=O)c1ccc(C(=O)Nc2nccc3cc(C)ccc23)cc1. The fourth-order valence-electron chi connectivity index (χ4n) is 2.56. The molecule has 0 radical (unpaired) electrons. The Hall–Kier alpha value is -2.73. The van der Waals surface area contributed by atoms with Gasteiger partial charge in [0.25, 0.3) is 5.91 Å². The lowest BCUT2D eigenvalue weighted by molar-refractivity contribution is 0.102. The second-order valence-electron chi connectivity index (χ2n) is 5.77. The Bertz CT molecular complexity index is 1040. The Labute approximate surface area is 146 Å². The smallest absolute Gasteiger partial charge is 0.256 e. The van der Waals surface area contributed by atoms with Crippen molar-refractivity contribution in [2.24, 2.45) is 0 Å². The standard InChI is InChI=1S/C19H18N2O3S/c1-3-25(23,24)16-7-5-14(6-8-16)19(22)21-18-17-9-4-13(2)12-15(17)10-11-20-18/h4-12H,3H2,1-2H3,(H,20,21,22). The summed E-state index contributed by atoms with van der Waals surface area (Å²) < 4.78 is 23.7. The fourth-order valence-corrected chi connectivity index (χ4v) is 3.44. The number of benzene rings is 2. The minimum absolute atomic E-state index is 0.0257. The van der Waals surface area contributed by atoms with Crippen molar-refractivity contribution in [1.82, 2.24) is 4.98 Å². The van der Waals surface area contributed by atoms with Crippen LogP contribution in [0, 0.1) is 6.92 Å². The topological polar surface area (TPSA) is 76.1 Å². The van der Waals surface area contributed by atoms with Crippen LogP contribution in [0.1, 0.15) is 22.8 Å². The van der Waals surface area contributed by atoms with Crippen molar-refractivity contribution < 1.29 is 13.2 Å². The number of aryl methyl sites for hydroxylation is 1. The van der Waals surface area contributed by atoms with Gasteiger partial charge >= 0.3 is 0 Å². The van der Waals surface area contributed by atoms with Crippen molar-refractivity contribution in [3.63, 3.8) is 0 Å². The highest BCUT2D eigenvalue weighted by Gasteiger charge is 2.14. The fraction of sp³-hybridized carbons (Fsp3) is 0.158. The molecule has 3 rings (SSSR count). The quantitative estimate of drug-likeness (QED) is 0.777. The van der Waals surface area contributed by atoms with Crippen LogP contribution < -0.4 is 5.32 Å². The minimum atomic E-state index is -3.28. The summed E-state index contributed by atoms with van der Waals surface area (Å²) in [6.07, 6.45) is 1.65. The zero-order valence-corrected chi connectivity index (χ0v) is 14.8. The third-order valence-electron chi connectivity index (χ3n) is 4.01. The van der Waals surface area contributed by atoms with Crippen LogP contribution in [0.3, 0.4) is 0 Å². The molecule has 1 aromatic heterocycles. The van der Waals surface area contributed by atoms with Crippen LogP contribution in [0.2, 0.25) is 0 Å². The van der Waals surface area contributed by atoms with Crippen LogP contribution in [0.5, 0.6) is 0 Å². The van der Waals surface area contributed by atoms with Crippen LogP contribution in [0.25, 0.3) is 10.8 Å². The Morgan fingerprint density at radius 1 is 1.08 bits per heavy atom. The normalized spacial score (nSPS) is 11.4. The third kappa shape index (κ3) is 3.53. The zero-order valence-electron chi connectivity index (χ0n) is 14.0. The number of anilines is 1. The van der Waals surface area contributed by atoms with Crippen LogP contribution in [0.4, 0.5) is 5.82 Å². The molecule has 0 spiro atoms. The summed E-state index contributed by atoms with van der Waals surface area (Å²) >= 11 is 0. The summed E-state index contributed by atoms with van der Waals surface area (Å²) in [5.74, 6) is 0.173. The highest BCUT2D eigenvalue weighted by atomic mass is 32.2. The first-order chi connectivity index (χ1) is 11.9. The molecule has 0 bridgehead atoms. The number of rotatable bonds is 4. The Morgan fingerprint density at radius 2 is 1.80 bits per heavy atom. The predicted octanol–water partition coefficient (Wildman–Crippen LogP) is 3.59. The molecule has 0 fully saturated rings. The number of nitrogens with zero attached hydrogens (tertiary/aromatic N) is 1. The van der Waals surface area contributed by atoms with E-state index in [0.29, 0.717) is 11.4 Å². The van der Waals surface area contributed by atoms with Gasteiger partial charge in [-0.25, -0.2) is 13.4 Å². The predicted molar refractivity (Wildman–Crippen MR) is 98.6 cm³/mol. The van der Waals surface area contributed by atoms with E-state index < -0.39 is 9.84 Å². The maximum atomic E-state index is 12.5. The first-order valence-corrected chi connectivity index (χ1v) is 9.55. The van der Waals surface area contributed by atoms with E-state index in [1.165, 1.54) is 24.3 Å². The van der Waals surface area contributed by atoms with E-state index in [0.717, 1.165) is 16.3 Å². The molecule has 0 unspecified atom stereocenters. The van der Waals surface area contributed by atoms with Gasteiger partial charge in [-0.1, -0.05) is 30.7 Å². The number of carbonyl (C=O) groups excluding carboxylic acids is 1. The number of hydrogen-bond acceptors (Lipinski definition) is 4. The lowest BCUT2D eigenvalue weighted by Crippen LogP contribution is -2.13. The van der Waals surface area contributed by atoms with Gasteiger partial charge in [-0.15, -0.1) is 0 Å². The van der Waals surface area contributed by atoms with Gasteiger partial charge in [0.05, 0.1) is 10.6 Å². The van der Waals surface area contributed by atoms with Crippen molar-refractivity contribution in [2.45, 2.75) is 18.7 Å². The lowest BCUT2D eigenvalue weighted by Gasteiger charge is -2.09. The second kappa shape index (κ2) is 6.64. The van der Waals surface area contributed by atoms with Gasteiger partial charge in [0, 0.05) is 17.1 Å². The molecule has 0 aliphatic rings. The minimum Gasteiger partial charge on any atom is -0.306 e. The molecule has 0 aliphatic carbocycles. The summed E-state index contributed by atoms with van der Waals surface area (Å²) in [5.41, 5.74) is 1.50. The molecule has 0 saturated heterocycles. The van der Waals surface area contributed by atoms with E-state index in [-0.39, 0.29) is 16.6 Å². The molecule has 1 amide bonds. The largest absolute Gasteiger partial charge is 0.306 e. The van der Waals surface area contributed by atoms with Crippen LogP contribution in [-0.2, 0) is 9.84 Å². The summed E-state index contributed by atoms with van der Waals surface area (Å²) in [4.78, 5) is 16.9. The Kier molecular flexibility index (Phi) is 4.55. The van der Waals surface area contributed by atoms with Crippen molar-refractivity contribution in [3.8, 4) is 0 Å². The number of carbonyl (C=O) groups is 1. The Balaban J connectivity index is 1.88. The van der Waals surface area contributed by atoms with Gasteiger partial charge in [-0.05, 0) is 42.6 Å². The highest BCUT2D eigenvalue weighted by Crippen LogP contribution is 2.22. The van der Waals surface area contributed by atoms with E-state index >= 15 is 0 Å². The van der Waals surface area contributed by atoms with E-state index in [1.54, 1.807) is 13.1 Å². The van der Waals surface area contributed by atoms with Gasteiger partial charge in [-0.2, -0.15) is 0 Å². The molecule has 0 saturated carbocycles. The van der Waals surface area contributed by atoms with E-state index in [9.17, 15) is 13.2 Å². The molecular weight excluding hydrogens is 336 g/mol. The molecule has 25 heavy (non-hydrogen) atoms. The van der Waals surface area contributed by atoms with Gasteiger partial charge in [0.15, 0.2) is 9.84 Å². The summed E-state index contributed by atoms with van der Waals surface area (Å²) in [6.45, 7) is 3.59. The zero-order chi connectivity index (χ0) is 18.0. The average Bonchev–Trinajstić information content (AvgIpc) is 2.61. The number of aromatic nitrogens is 1. The van der Waals surface area contributed by atoms with Crippen LogP contribution in [-0.4, -0.2) is 25.1 Å². The summed E-state index contributed by atoms with van der Waals surface area (Å²) in [5, 5.41) is 4.64. The molecule has 0 atom stereocenters. The molecule has 2 aromatic carbocycles. The van der Waals surface area contributed by atoms with Crippen molar-refractivity contribution in [2.75, 3.05) is 11.1 Å². The second-order valence-corrected chi connectivity index (χ2v) is 8.04. The molecule has 1 N–H and O–H groups in total. The van der Waals surface area contributed by atoms with Gasteiger partial charge in [0.2, 0.25) is 0 Å². The molecule has 128 valence electrons. The van der Waals surface area contributed by atoms with E-state index in [4.69, 9.17) is 0 Å². The third-order valence-corrected chi connectivity index (χ3v) is 5.76. The van der Waals surface area contributed by atoms with Gasteiger partial charge < -0.3 is 5.32 Å². The van der Waals surface area contributed by atoms with Crippen LogP contribution in [0.15, 0.2) is 59.6 Å². The molecule has 0 aliphatic heterocycles. The average molecular weight is 354 g/mol. The number of nitrogens with one attached hydrogen (secondary N) is 1. The van der Waals surface area contributed by atoms with Crippen molar-refractivity contribution in [1.29, 1.82) is 0 Å². The number of amides is 1. The van der Waals surface area contributed by atoms with E-state index in [2.05, 4.69) is 10.3 Å². The van der Waals surface area contributed by atoms with E-state index in [1.807, 2.05) is 31.2 Å². The number of pyridine rings is 1. The summed E-state index contributed by atoms with van der Waals surface area (Å²) in [7, 11) is -3.28. The first kappa shape index (κ1) is 17.1. The monoisotopic (exact) mass is 354 g/mol. The molecule has 1 heterocycles. The van der Waals surface area contributed by atoms with Crippen molar-refractivity contribution >= 4 is 32.3 Å². The molecular formula is C19H18N2O3S. The lowest BCUT2D eigenvalue weighted by atomic mass is 10.1. The molecule has 5 nitrogen and oxygen atoms in total. The van der Waals surface area contributed by atoms with Crippen LogP contribution >= 0.6 is 0 Å². The number of fused-ring (bicyclic) bond motifs is 1. The molecule has 3 aromatic rings. The maximum Gasteiger partial charge on any atom is 0.256 e. The molecule has 6 heteroatoms.